The Morgan fingerprint density at radius 1 is 1.03 bits per heavy atom. The first-order valence-electron chi connectivity index (χ1n) is 10.0. The number of benzene rings is 1. The first-order chi connectivity index (χ1) is 16.9. The maximum absolute atomic E-state index is 13.7. The molecule has 0 aliphatic carbocycles. The number of fused-ring (bicyclic) bond motifs is 1. The van der Waals surface area contributed by atoms with Gasteiger partial charge in [0.05, 0.1) is 33.1 Å². The molecule has 4 aromatic rings. The highest BCUT2D eigenvalue weighted by molar-refractivity contribution is 7.20. The number of anilines is 1. The molecule has 7 nitrogen and oxygen atoms in total. The maximum atomic E-state index is 13.7. The lowest BCUT2D eigenvalue weighted by Gasteiger charge is -2.26. The summed E-state index contributed by atoms with van der Waals surface area (Å²) in [6, 6.07) is 6.65. The quantitative estimate of drug-likeness (QED) is 0.313. The van der Waals surface area contributed by atoms with Crippen LogP contribution in [0.2, 0.25) is 0 Å². The van der Waals surface area contributed by atoms with Gasteiger partial charge in [0.25, 0.3) is 0 Å². The van der Waals surface area contributed by atoms with Crippen LogP contribution in [0.5, 0.6) is 0 Å². The monoisotopic (exact) mass is 521 g/mol. The van der Waals surface area contributed by atoms with E-state index in [9.17, 15) is 31.6 Å². The van der Waals surface area contributed by atoms with Gasteiger partial charge in [-0.3, -0.25) is 0 Å². The molecule has 0 aliphatic heterocycles. The predicted octanol–water partition coefficient (Wildman–Crippen LogP) is 5.86. The fraction of sp³-hybridized carbons (Fsp3) is 0.227. The molecule has 0 radical (unpaired) electrons. The second-order valence-electron chi connectivity index (χ2n) is 7.62. The molecule has 0 N–H and O–H groups in total. The highest BCUT2D eigenvalue weighted by atomic mass is 32.1. The molecule has 0 saturated heterocycles. The highest BCUT2D eigenvalue weighted by Crippen LogP contribution is 2.48. The van der Waals surface area contributed by atoms with E-state index in [4.69, 9.17) is 5.26 Å². The van der Waals surface area contributed by atoms with Crippen LogP contribution in [-0.4, -0.2) is 26.8 Å². The van der Waals surface area contributed by atoms with E-state index in [2.05, 4.69) is 15.1 Å². The van der Waals surface area contributed by atoms with E-state index >= 15 is 0 Å². The molecule has 0 fully saturated rings. The number of hydrogen-bond donors (Lipinski definition) is 0. The number of nitrogens with zero attached hydrogens (tertiary/aromatic N) is 7. The third kappa shape index (κ3) is 4.31. The molecule has 14 heteroatoms. The largest absolute Gasteiger partial charge is 0.417 e. The van der Waals surface area contributed by atoms with Crippen LogP contribution in [0.4, 0.5) is 32.0 Å². The van der Waals surface area contributed by atoms with Gasteiger partial charge in [-0.2, -0.15) is 46.6 Å². The third-order valence-corrected chi connectivity index (χ3v) is 6.61. The van der Waals surface area contributed by atoms with Crippen LogP contribution in [0, 0.1) is 22.7 Å². The molecular weight excluding hydrogens is 508 g/mol. The average Bonchev–Trinajstić information content (AvgIpc) is 3.46. The van der Waals surface area contributed by atoms with Crippen molar-refractivity contribution in [2.75, 3.05) is 11.9 Å². The molecule has 0 saturated carbocycles. The summed E-state index contributed by atoms with van der Waals surface area (Å²) in [6.07, 6.45) is -7.58. The van der Waals surface area contributed by atoms with Crippen molar-refractivity contribution in [1.82, 2.24) is 19.7 Å². The van der Waals surface area contributed by atoms with Crippen molar-refractivity contribution in [3.05, 3.63) is 64.2 Å². The lowest BCUT2D eigenvalue weighted by molar-refractivity contribution is -0.142. The van der Waals surface area contributed by atoms with Crippen molar-refractivity contribution in [3.63, 3.8) is 0 Å². The van der Waals surface area contributed by atoms with Crippen LogP contribution in [0.15, 0.2) is 36.8 Å². The minimum absolute atomic E-state index is 0.0559. The zero-order valence-electron chi connectivity index (χ0n) is 18.3. The fourth-order valence-corrected chi connectivity index (χ4v) is 4.79. The van der Waals surface area contributed by atoms with E-state index in [1.54, 1.807) is 13.0 Å². The van der Waals surface area contributed by atoms with Crippen molar-refractivity contribution < 1.29 is 26.3 Å². The number of halogens is 6. The normalized spacial score (nSPS) is 12.8. The molecule has 1 atom stereocenters. The average molecular weight is 521 g/mol. The van der Waals surface area contributed by atoms with Gasteiger partial charge in [-0.15, -0.1) is 11.3 Å². The summed E-state index contributed by atoms with van der Waals surface area (Å²) in [5.74, 6) is 0.539. The molecule has 1 unspecified atom stereocenters. The molecule has 0 bridgehead atoms. The number of hydrogen-bond acceptors (Lipinski definition) is 7. The molecule has 3 aromatic heterocycles. The molecule has 1 aromatic carbocycles. The van der Waals surface area contributed by atoms with Gasteiger partial charge >= 0.3 is 12.4 Å². The molecular formula is C22H13F6N7S. The van der Waals surface area contributed by atoms with E-state index in [1.807, 2.05) is 6.07 Å². The second kappa shape index (κ2) is 8.80. The summed E-state index contributed by atoms with van der Waals surface area (Å²) in [5.41, 5.74) is -2.73. The molecule has 0 spiro atoms. The second-order valence-corrected chi connectivity index (χ2v) is 8.64. The van der Waals surface area contributed by atoms with E-state index < -0.39 is 34.2 Å². The number of rotatable bonds is 4. The first-order valence-corrected chi connectivity index (χ1v) is 10.8. The third-order valence-electron chi connectivity index (χ3n) is 5.47. The Labute approximate surface area is 203 Å². The van der Waals surface area contributed by atoms with Gasteiger partial charge in [0.2, 0.25) is 0 Å². The molecule has 4 rings (SSSR count). The van der Waals surface area contributed by atoms with Crippen molar-refractivity contribution >= 4 is 27.1 Å². The summed E-state index contributed by atoms with van der Waals surface area (Å²) in [7, 11) is 1.44. The predicted molar refractivity (Wildman–Crippen MR) is 117 cm³/mol. The van der Waals surface area contributed by atoms with Crippen LogP contribution in [-0.2, 0) is 12.4 Å². The van der Waals surface area contributed by atoms with Gasteiger partial charge in [0.15, 0.2) is 11.6 Å². The number of alkyl halides is 6. The zero-order chi connectivity index (χ0) is 26.4. The summed E-state index contributed by atoms with van der Waals surface area (Å²) in [4.78, 5) is 9.51. The minimum Gasteiger partial charge on any atom is -0.362 e. The number of aromatic nitrogens is 4. The van der Waals surface area contributed by atoms with Crippen molar-refractivity contribution in [1.29, 1.82) is 10.5 Å². The SMILES string of the molecule is CC(c1ncnn1-c1ccc(C#N)cn1)N(C)c1c(C#N)sc2c(C(F)(F)F)cc(C(F)(F)F)cc12. The van der Waals surface area contributed by atoms with Gasteiger partial charge in [0, 0.05) is 18.6 Å². The van der Waals surface area contributed by atoms with Crippen molar-refractivity contribution in [2.24, 2.45) is 0 Å². The Bertz CT molecular complexity index is 1520. The number of pyridine rings is 1. The Kier molecular flexibility index (Phi) is 6.10. The number of thiophene rings is 1. The van der Waals surface area contributed by atoms with Gasteiger partial charge < -0.3 is 4.90 Å². The summed E-state index contributed by atoms with van der Waals surface area (Å²) >= 11 is 0.468. The molecule has 0 aliphatic rings. The van der Waals surface area contributed by atoms with Crippen LogP contribution in [0.25, 0.3) is 15.9 Å². The van der Waals surface area contributed by atoms with Gasteiger partial charge in [-0.25, -0.2) is 9.97 Å². The molecule has 3 heterocycles. The molecule has 0 amide bonds. The van der Waals surface area contributed by atoms with Crippen LogP contribution in [0.3, 0.4) is 0 Å². The van der Waals surface area contributed by atoms with Crippen molar-refractivity contribution in [2.45, 2.75) is 25.3 Å². The van der Waals surface area contributed by atoms with Gasteiger partial charge in [-0.1, -0.05) is 0 Å². The zero-order valence-corrected chi connectivity index (χ0v) is 19.2. The topological polar surface area (TPSA) is 94.4 Å². The van der Waals surface area contributed by atoms with Crippen LogP contribution in [0.1, 0.15) is 40.4 Å². The van der Waals surface area contributed by atoms with Crippen LogP contribution >= 0.6 is 11.3 Å². The molecule has 184 valence electrons. The summed E-state index contributed by atoms with van der Waals surface area (Å²) in [6.45, 7) is 1.60. The van der Waals surface area contributed by atoms with Gasteiger partial charge in [0.1, 0.15) is 23.3 Å². The van der Waals surface area contributed by atoms with E-state index in [0.717, 1.165) is 0 Å². The lowest BCUT2D eigenvalue weighted by Crippen LogP contribution is -2.25. The smallest absolute Gasteiger partial charge is 0.362 e. The highest BCUT2D eigenvalue weighted by Gasteiger charge is 2.40. The Balaban J connectivity index is 1.88. The minimum atomic E-state index is -5.07. The Morgan fingerprint density at radius 3 is 2.31 bits per heavy atom. The van der Waals surface area contributed by atoms with Crippen LogP contribution < -0.4 is 4.90 Å². The Morgan fingerprint density at radius 2 is 1.75 bits per heavy atom. The first kappa shape index (κ1) is 24.9. The van der Waals surface area contributed by atoms with Crippen molar-refractivity contribution in [3.8, 4) is 18.0 Å². The van der Waals surface area contributed by atoms with E-state index in [-0.39, 0.29) is 33.7 Å². The standard InChI is InChI=1S/C22H13F6N7S/c1-11(20-32-10-33-35(20)17-4-3-12(7-29)9-31-17)34(2)18-14-5-13(21(23,24)25)6-15(22(26,27)28)19(14)36-16(18)8-30/h3-6,9-11H,1-2H3. The maximum Gasteiger partial charge on any atom is 0.417 e. The van der Waals surface area contributed by atoms with Gasteiger partial charge in [-0.05, 0) is 31.2 Å². The lowest BCUT2D eigenvalue weighted by atomic mass is 10.0. The summed E-state index contributed by atoms with van der Waals surface area (Å²) < 4.78 is 82.4. The number of nitriles is 2. The van der Waals surface area contributed by atoms with E-state index in [0.29, 0.717) is 23.0 Å². The summed E-state index contributed by atoms with van der Waals surface area (Å²) in [5, 5.41) is 22.4. The Hall–Kier alpha value is -4.17. The molecule has 36 heavy (non-hydrogen) atoms. The van der Waals surface area contributed by atoms with E-state index in [1.165, 1.54) is 41.3 Å². The fourth-order valence-electron chi connectivity index (χ4n) is 3.64.